The predicted molar refractivity (Wildman–Crippen MR) is 103 cm³/mol. The molecule has 2 heterocycles. The number of amides is 1. The molecule has 0 spiro atoms. The molecule has 1 aliphatic rings. The third-order valence-electron chi connectivity index (χ3n) is 3.17. The van der Waals surface area contributed by atoms with Gasteiger partial charge in [0.1, 0.15) is 0 Å². The molecular weight excluding hydrogens is 362 g/mol. The molecule has 0 aliphatic carbocycles. The van der Waals surface area contributed by atoms with Gasteiger partial charge in [0.05, 0.1) is 10.6 Å². The van der Waals surface area contributed by atoms with Crippen molar-refractivity contribution < 1.29 is 4.79 Å². The van der Waals surface area contributed by atoms with Gasteiger partial charge in [0.2, 0.25) is 5.13 Å². The molecule has 2 aromatic rings. The van der Waals surface area contributed by atoms with Gasteiger partial charge < -0.3 is 0 Å². The van der Waals surface area contributed by atoms with E-state index in [4.69, 9.17) is 11.6 Å². The van der Waals surface area contributed by atoms with Crippen molar-refractivity contribution in [3.8, 4) is 0 Å². The number of rotatable bonds is 4. The maximum atomic E-state index is 12.6. The second-order valence-electron chi connectivity index (χ2n) is 5.03. The maximum absolute atomic E-state index is 12.6. The summed E-state index contributed by atoms with van der Waals surface area (Å²) in [7, 11) is 0. The summed E-state index contributed by atoms with van der Waals surface area (Å²) in [5.74, 6) is -0.0816. The number of thiazole rings is 1. The molecule has 24 heavy (non-hydrogen) atoms. The van der Waals surface area contributed by atoms with Crippen LogP contribution in [0.25, 0.3) is 6.08 Å². The van der Waals surface area contributed by atoms with Crippen LogP contribution in [0.1, 0.15) is 11.3 Å². The minimum atomic E-state index is -0.0816. The van der Waals surface area contributed by atoms with Crippen LogP contribution in [-0.4, -0.2) is 27.5 Å². The van der Waals surface area contributed by atoms with Gasteiger partial charge in [-0.2, -0.15) is 4.99 Å². The van der Waals surface area contributed by atoms with Gasteiger partial charge >= 0.3 is 0 Å². The van der Waals surface area contributed by atoms with Crippen molar-refractivity contribution in [3.63, 3.8) is 0 Å². The first kappa shape index (κ1) is 17.0. The third kappa shape index (κ3) is 3.77. The molecule has 0 saturated carbocycles. The maximum Gasteiger partial charge on any atom is 0.267 e. The van der Waals surface area contributed by atoms with Crippen LogP contribution in [-0.2, 0) is 4.79 Å². The fourth-order valence-corrected chi connectivity index (χ4v) is 3.90. The number of halogens is 1. The molecule has 1 aromatic heterocycles. The van der Waals surface area contributed by atoms with E-state index < -0.39 is 0 Å². The quantitative estimate of drug-likeness (QED) is 0.564. The minimum absolute atomic E-state index is 0.0816. The number of aryl methyl sites for hydroxylation is 1. The topological polar surface area (TPSA) is 45.6 Å². The summed E-state index contributed by atoms with van der Waals surface area (Å²) >= 11 is 8.70. The molecule has 0 radical (unpaired) electrons. The van der Waals surface area contributed by atoms with E-state index in [1.165, 1.54) is 23.1 Å². The number of aliphatic imine (C=N–C) groups is 1. The number of hydrogen-bond acceptors (Lipinski definition) is 5. The van der Waals surface area contributed by atoms with Gasteiger partial charge in [-0.25, -0.2) is 4.98 Å². The summed E-state index contributed by atoms with van der Waals surface area (Å²) in [6.45, 7) is 6.04. The molecule has 1 aromatic carbocycles. The normalized spacial score (nSPS) is 17.9. The summed E-state index contributed by atoms with van der Waals surface area (Å²) in [6.07, 6.45) is 3.53. The van der Waals surface area contributed by atoms with Gasteiger partial charge in [-0.05, 0) is 42.5 Å². The van der Waals surface area contributed by atoms with E-state index in [1.807, 2.05) is 30.5 Å². The van der Waals surface area contributed by atoms with E-state index in [1.54, 1.807) is 23.1 Å². The molecule has 122 valence electrons. The van der Waals surface area contributed by atoms with Gasteiger partial charge in [-0.1, -0.05) is 29.8 Å². The van der Waals surface area contributed by atoms with E-state index in [2.05, 4.69) is 16.6 Å². The Bertz CT molecular complexity index is 840. The monoisotopic (exact) mass is 375 g/mol. The Labute approximate surface area is 153 Å². The fraction of sp³-hybridized carbons (Fsp3) is 0.118. The van der Waals surface area contributed by atoms with Crippen molar-refractivity contribution in [1.29, 1.82) is 0 Å². The second-order valence-corrected chi connectivity index (χ2v) is 7.31. The number of carbonyl (C=O) groups is 1. The van der Waals surface area contributed by atoms with Crippen LogP contribution in [0.3, 0.4) is 0 Å². The lowest BCUT2D eigenvalue weighted by molar-refractivity contribution is -0.121. The number of amidine groups is 1. The van der Waals surface area contributed by atoms with Crippen LogP contribution in [0.4, 0.5) is 5.13 Å². The highest BCUT2D eigenvalue weighted by atomic mass is 35.5. The molecule has 4 nitrogen and oxygen atoms in total. The average molecular weight is 376 g/mol. The van der Waals surface area contributed by atoms with Crippen molar-refractivity contribution in [2.45, 2.75) is 6.92 Å². The number of nitrogens with zero attached hydrogens (tertiary/aromatic N) is 3. The van der Waals surface area contributed by atoms with Crippen molar-refractivity contribution in [1.82, 2.24) is 9.88 Å². The largest absolute Gasteiger partial charge is 0.282 e. The SMILES string of the molecule is C=CCN1C(=O)/C(=C/c2ccc(Cl)cc2)S/C1=N/c1nc(C)cs1. The zero-order valence-electron chi connectivity index (χ0n) is 12.9. The molecule has 1 amide bonds. The highest BCUT2D eigenvalue weighted by Crippen LogP contribution is 2.34. The van der Waals surface area contributed by atoms with Crippen LogP contribution >= 0.6 is 34.7 Å². The van der Waals surface area contributed by atoms with Crippen LogP contribution in [0.5, 0.6) is 0 Å². The van der Waals surface area contributed by atoms with E-state index in [0.29, 0.717) is 26.8 Å². The summed E-state index contributed by atoms with van der Waals surface area (Å²) in [5, 5.41) is 3.86. The van der Waals surface area contributed by atoms with Gasteiger partial charge in [0.25, 0.3) is 5.91 Å². The highest BCUT2D eigenvalue weighted by molar-refractivity contribution is 8.18. The first-order valence-electron chi connectivity index (χ1n) is 7.15. The van der Waals surface area contributed by atoms with Crippen LogP contribution in [0.2, 0.25) is 5.02 Å². The number of benzene rings is 1. The Morgan fingerprint density at radius 2 is 2.12 bits per heavy atom. The second kappa shape index (κ2) is 7.34. The predicted octanol–water partition coefficient (Wildman–Crippen LogP) is 4.89. The zero-order valence-corrected chi connectivity index (χ0v) is 15.3. The molecule has 0 bridgehead atoms. The van der Waals surface area contributed by atoms with Crippen LogP contribution < -0.4 is 0 Å². The smallest absolute Gasteiger partial charge is 0.267 e. The lowest BCUT2D eigenvalue weighted by Gasteiger charge is -2.11. The lowest BCUT2D eigenvalue weighted by atomic mass is 10.2. The van der Waals surface area contributed by atoms with Crippen molar-refractivity contribution in [2.24, 2.45) is 4.99 Å². The zero-order chi connectivity index (χ0) is 17.1. The molecule has 0 N–H and O–H groups in total. The molecule has 1 saturated heterocycles. The third-order valence-corrected chi connectivity index (χ3v) is 5.28. The first-order chi connectivity index (χ1) is 11.6. The Hall–Kier alpha value is -1.89. The fourth-order valence-electron chi connectivity index (χ4n) is 2.07. The number of carbonyl (C=O) groups excluding carboxylic acids is 1. The summed E-state index contributed by atoms with van der Waals surface area (Å²) in [4.78, 5) is 23.7. The van der Waals surface area contributed by atoms with Crippen molar-refractivity contribution >= 4 is 57.0 Å². The van der Waals surface area contributed by atoms with Crippen LogP contribution in [0.15, 0.2) is 52.2 Å². The van der Waals surface area contributed by atoms with E-state index in [9.17, 15) is 4.79 Å². The van der Waals surface area contributed by atoms with Gasteiger partial charge in [0.15, 0.2) is 5.17 Å². The first-order valence-corrected chi connectivity index (χ1v) is 9.23. The van der Waals surface area contributed by atoms with E-state index >= 15 is 0 Å². The molecule has 3 rings (SSSR count). The summed E-state index contributed by atoms with van der Waals surface area (Å²) in [5.41, 5.74) is 1.83. The molecular formula is C17H14ClN3OS2. The molecule has 1 fully saturated rings. The average Bonchev–Trinajstić information content (AvgIpc) is 3.09. The lowest BCUT2D eigenvalue weighted by Crippen LogP contribution is -2.29. The van der Waals surface area contributed by atoms with Gasteiger partial charge in [0, 0.05) is 16.9 Å². The van der Waals surface area contributed by atoms with E-state index in [-0.39, 0.29) is 5.91 Å². The highest BCUT2D eigenvalue weighted by Gasteiger charge is 2.32. The Balaban J connectivity index is 1.93. The standard InChI is InChI=1S/C17H14ClN3OS2/c1-3-8-21-15(22)14(9-12-4-6-13(18)7-5-12)24-17(21)20-16-19-11(2)10-23-16/h3-7,9-10H,1,8H2,2H3/b14-9-,20-17+. The number of thioether (sulfide) groups is 1. The summed E-state index contributed by atoms with van der Waals surface area (Å²) < 4.78 is 0. The molecule has 0 atom stereocenters. The Kier molecular flexibility index (Phi) is 5.18. The van der Waals surface area contributed by atoms with E-state index in [0.717, 1.165) is 11.3 Å². The molecule has 0 unspecified atom stereocenters. The number of hydrogen-bond donors (Lipinski definition) is 0. The van der Waals surface area contributed by atoms with Gasteiger partial charge in [-0.3, -0.25) is 9.69 Å². The van der Waals surface area contributed by atoms with Crippen LogP contribution in [0, 0.1) is 6.92 Å². The summed E-state index contributed by atoms with van der Waals surface area (Å²) in [6, 6.07) is 7.35. The van der Waals surface area contributed by atoms with Gasteiger partial charge in [-0.15, -0.1) is 17.9 Å². The van der Waals surface area contributed by atoms with Crippen molar-refractivity contribution in [2.75, 3.05) is 6.54 Å². The molecule has 1 aliphatic heterocycles. The van der Waals surface area contributed by atoms with Crippen molar-refractivity contribution in [3.05, 3.63) is 63.5 Å². The Morgan fingerprint density at radius 3 is 2.75 bits per heavy atom. The molecule has 7 heteroatoms. The Morgan fingerprint density at radius 1 is 1.38 bits per heavy atom. The minimum Gasteiger partial charge on any atom is -0.282 e. The number of aromatic nitrogens is 1.